The summed E-state index contributed by atoms with van der Waals surface area (Å²) in [6, 6.07) is 22.8. The van der Waals surface area contributed by atoms with Gasteiger partial charge in [0.05, 0.1) is 7.11 Å². The number of carbonyl (C=O) groups is 2. The van der Waals surface area contributed by atoms with Crippen molar-refractivity contribution in [1.29, 1.82) is 0 Å². The van der Waals surface area contributed by atoms with E-state index in [-0.39, 0.29) is 30.1 Å². The second kappa shape index (κ2) is 13.1. The molecule has 7 nitrogen and oxygen atoms in total. The van der Waals surface area contributed by atoms with Gasteiger partial charge >= 0.3 is 12.0 Å². The van der Waals surface area contributed by atoms with E-state index in [4.69, 9.17) is 9.84 Å². The van der Waals surface area contributed by atoms with E-state index in [2.05, 4.69) is 86.5 Å². The Morgan fingerprint density at radius 3 is 2.27 bits per heavy atom. The standard InChI is InChI=1S/C34H41N3O4/c1-23(21-25-11-17-29(18-12-25)34(2,3)4)37-31(35-36-33(37)40)8-6-7-24-9-13-26(14-10-24)27-15-19-30(41-5)28(22-27)16-20-32(38)39/h9-15,17-19,22-23,31H,6-8,16,20-21H2,1-5H3,(H,38,39). The molecule has 1 heterocycles. The lowest BCUT2D eigenvalue weighted by atomic mass is 9.86. The maximum absolute atomic E-state index is 12.6. The van der Waals surface area contributed by atoms with Crippen LogP contribution in [-0.4, -0.2) is 41.3 Å². The largest absolute Gasteiger partial charge is 0.496 e. The van der Waals surface area contributed by atoms with Gasteiger partial charge in [-0.1, -0.05) is 80.5 Å². The lowest BCUT2D eigenvalue weighted by Gasteiger charge is -2.28. The number of ether oxygens (including phenoxy) is 1. The van der Waals surface area contributed by atoms with Gasteiger partial charge in [0.1, 0.15) is 11.9 Å². The Labute approximate surface area is 243 Å². The van der Waals surface area contributed by atoms with E-state index in [1.54, 1.807) is 7.11 Å². The van der Waals surface area contributed by atoms with E-state index in [0.29, 0.717) is 12.2 Å². The molecule has 0 aliphatic carbocycles. The number of aliphatic carboxylic acids is 1. The number of urea groups is 1. The average molecular weight is 556 g/mol. The number of benzene rings is 3. The minimum absolute atomic E-state index is 0.00663. The normalized spacial score (nSPS) is 15.8. The van der Waals surface area contributed by atoms with Crippen molar-refractivity contribution in [2.45, 2.75) is 83.8 Å². The van der Waals surface area contributed by atoms with Crippen LogP contribution in [0.15, 0.2) is 77.0 Å². The number of amides is 2. The third kappa shape index (κ3) is 7.81. The highest BCUT2D eigenvalue weighted by molar-refractivity contribution is 5.76. The van der Waals surface area contributed by atoms with Crippen LogP contribution in [0.25, 0.3) is 11.1 Å². The maximum Gasteiger partial charge on any atom is 0.363 e. The summed E-state index contributed by atoms with van der Waals surface area (Å²) in [4.78, 5) is 25.4. The first-order valence-electron chi connectivity index (χ1n) is 14.4. The fourth-order valence-corrected chi connectivity index (χ4v) is 5.36. The van der Waals surface area contributed by atoms with Crippen LogP contribution in [-0.2, 0) is 29.5 Å². The van der Waals surface area contributed by atoms with Gasteiger partial charge in [-0.3, -0.25) is 9.69 Å². The zero-order valence-electron chi connectivity index (χ0n) is 24.8. The summed E-state index contributed by atoms with van der Waals surface area (Å²) in [5, 5.41) is 17.3. The third-order valence-electron chi connectivity index (χ3n) is 7.75. The molecule has 216 valence electrons. The number of carbonyl (C=O) groups excluding carboxylic acids is 1. The number of carboxylic acid groups (broad SMARTS) is 1. The van der Waals surface area contributed by atoms with Crippen molar-refractivity contribution in [3.05, 3.63) is 89.0 Å². The van der Waals surface area contributed by atoms with E-state index in [1.807, 2.05) is 23.1 Å². The summed E-state index contributed by atoms with van der Waals surface area (Å²) in [5.74, 6) is -0.121. The lowest BCUT2D eigenvalue weighted by Crippen LogP contribution is -2.41. The minimum atomic E-state index is -0.825. The highest BCUT2D eigenvalue weighted by Crippen LogP contribution is 2.29. The number of azo groups is 1. The molecule has 0 aromatic heterocycles. The molecule has 3 aromatic carbocycles. The molecule has 0 saturated heterocycles. The molecule has 2 unspecified atom stereocenters. The summed E-state index contributed by atoms with van der Waals surface area (Å²) < 4.78 is 5.42. The molecule has 0 saturated carbocycles. The van der Waals surface area contributed by atoms with Gasteiger partial charge in [0.15, 0.2) is 0 Å². The zero-order valence-corrected chi connectivity index (χ0v) is 24.8. The second-order valence-corrected chi connectivity index (χ2v) is 11.9. The smallest absolute Gasteiger partial charge is 0.363 e. The van der Waals surface area contributed by atoms with Crippen LogP contribution >= 0.6 is 0 Å². The van der Waals surface area contributed by atoms with Gasteiger partial charge in [-0.15, -0.1) is 0 Å². The molecule has 0 radical (unpaired) electrons. The zero-order chi connectivity index (χ0) is 29.6. The number of hydrogen-bond donors (Lipinski definition) is 1. The fourth-order valence-electron chi connectivity index (χ4n) is 5.36. The van der Waals surface area contributed by atoms with Crippen LogP contribution in [0.5, 0.6) is 5.75 Å². The molecule has 3 aromatic rings. The first-order valence-corrected chi connectivity index (χ1v) is 14.4. The van der Waals surface area contributed by atoms with Gasteiger partial charge in [0.25, 0.3) is 0 Å². The number of aryl methyl sites for hydroxylation is 2. The predicted octanol–water partition coefficient (Wildman–Crippen LogP) is 7.84. The predicted molar refractivity (Wildman–Crippen MR) is 162 cm³/mol. The first kappa shape index (κ1) is 30.0. The Morgan fingerprint density at radius 1 is 0.976 bits per heavy atom. The van der Waals surface area contributed by atoms with Gasteiger partial charge < -0.3 is 9.84 Å². The van der Waals surface area contributed by atoms with Gasteiger partial charge in [0, 0.05) is 12.5 Å². The topological polar surface area (TPSA) is 91.6 Å². The number of nitrogens with zero attached hydrogens (tertiary/aromatic N) is 3. The van der Waals surface area contributed by atoms with Crippen molar-refractivity contribution >= 4 is 12.0 Å². The molecular weight excluding hydrogens is 514 g/mol. The molecule has 0 fully saturated rings. The molecule has 0 bridgehead atoms. The highest BCUT2D eigenvalue weighted by atomic mass is 16.5. The molecule has 1 aliphatic heterocycles. The summed E-state index contributed by atoms with van der Waals surface area (Å²) in [6.45, 7) is 8.69. The summed E-state index contributed by atoms with van der Waals surface area (Å²) in [7, 11) is 1.60. The molecule has 7 heteroatoms. The molecular formula is C34H41N3O4. The summed E-state index contributed by atoms with van der Waals surface area (Å²) >= 11 is 0. The maximum atomic E-state index is 12.6. The van der Waals surface area contributed by atoms with Gasteiger partial charge in [-0.2, -0.15) is 5.11 Å². The van der Waals surface area contributed by atoms with E-state index in [0.717, 1.165) is 42.4 Å². The summed E-state index contributed by atoms with van der Waals surface area (Å²) in [6.07, 6.45) is 3.55. The lowest BCUT2D eigenvalue weighted by molar-refractivity contribution is -0.136. The number of hydrogen-bond acceptors (Lipinski definition) is 4. The second-order valence-electron chi connectivity index (χ2n) is 11.9. The Bertz CT molecular complexity index is 1370. The van der Waals surface area contributed by atoms with Crippen LogP contribution in [0.1, 0.15) is 69.2 Å². The van der Waals surface area contributed by atoms with E-state index in [9.17, 15) is 9.59 Å². The minimum Gasteiger partial charge on any atom is -0.496 e. The first-order chi connectivity index (χ1) is 19.5. The Balaban J connectivity index is 1.32. The molecule has 1 aliphatic rings. The van der Waals surface area contributed by atoms with Crippen molar-refractivity contribution in [3.63, 3.8) is 0 Å². The molecule has 41 heavy (non-hydrogen) atoms. The van der Waals surface area contributed by atoms with Crippen molar-refractivity contribution in [2.75, 3.05) is 7.11 Å². The highest BCUT2D eigenvalue weighted by Gasteiger charge is 2.33. The SMILES string of the molecule is COc1ccc(-c2ccc(CCCC3N=NC(=O)N3C(C)Cc3ccc(C(C)(C)C)cc3)cc2)cc1CCC(=O)O. The molecule has 2 amide bonds. The van der Waals surface area contributed by atoms with Crippen LogP contribution in [0.2, 0.25) is 0 Å². The van der Waals surface area contributed by atoms with Crippen LogP contribution < -0.4 is 4.74 Å². The molecule has 2 atom stereocenters. The van der Waals surface area contributed by atoms with Gasteiger partial charge in [0.2, 0.25) is 0 Å². The number of carboxylic acids is 1. The van der Waals surface area contributed by atoms with Crippen molar-refractivity contribution in [2.24, 2.45) is 10.2 Å². The van der Waals surface area contributed by atoms with Crippen molar-refractivity contribution in [3.8, 4) is 16.9 Å². The average Bonchev–Trinajstić information content (AvgIpc) is 3.32. The van der Waals surface area contributed by atoms with Gasteiger partial charge in [-0.25, -0.2) is 4.79 Å². The number of rotatable bonds is 12. The Kier molecular flexibility index (Phi) is 9.58. The third-order valence-corrected chi connectivity index (χ3v) is 7.75. The van der Waals surface area contributed by atoms with E-state index >= 15 is 0 Å². The van der Waals surface area contributed by atoms with Crippen LogP contribution in [0.3, 0.4) is 0 Å². The molecule has 1 N–H and O–H groups in total. The van der Waals surface area contributed by atoms with E-state index < -0.39 is 5.97 Å². The Morgan fingerprint density at radius 2 is 1.63 bits per heavy atom. The fraction of sp³-hybridized carbons (Fsp3) is 0.412. The molecule has 4 rings (SSSR count). The van der Waals surface area contributed by atoms with Crippen molar-refractivity contribution < 1.29 is 19.4 Å². The van der Waals surface area contributed by atoms with Crippen LogP contribution in [0.4, 0.5) is 4.79 Å². The van der Waals surface area contributed by atoms with Gasteiger partial charge in [-0.05, 0) is 90.0 Å². The number of methoxy groups -OCH3 is 1. The summed E-state index contributed by atoms with van der Waals surface area (Å²) in [5.41, 5.74) is 6.81. The molecule has 0 spiro atoms. The van der Waals surface area contributed by atoms with Crippen molar-refractivity contribution in [1.82, 2.24) is 4.90 Å². The van der Waals surface area contributed by atoms with E-state index in [1.165, 1.54) is 16.7 Å². The quantitative estimate of drug-likeness (QED) is 0.246. The van der Waals surface area contributed by atoms with Crippen LogP contribution in [0, 0.1) is 0 Å². The monoisotopic (exact) mass is 555 g/mol. The Hall–Kier alpha value is -4.00.